The zero-order valence-corrected chi connectivity index (χ0v) is 23.5. The molecule has 0 saturated carbocycles. The van der Waals surface area contributed by atoms with Crippen molar-refractivity contribution in [3.8, 4) is 0 Å². The predicted octanol–water partition coefficient (Wildman–Crippen LogP) is 8.19. The van der Waals surface area contributed by atoms with Gasteiger partial charge in [0.15, 0.2) is 0 Å². The summed E-state index contributed by atoms with van der Waals surface area (Å²) in [6.07, 6.45) is 2.32. The SMILES string of the molecule is CCC(C)(C)C(=O)OC(C)(C)c1ccccc1.CCC(C)(C)C(=O)OC(C)(CC)c1ccccc1. The van der Waals surface area contributed by atoms with Crippen LogP contribution in [-0.4, -0.2) is 11.9 Å². The van der Waals surface area contributed by atoms with E-state index in [-0.39, 0.29) is 11.9 Å². The molecule has 0 aliphatic rings. The summed E-state index contributed by atoms with van der Waals surface area (Å²) in [6.45, 7) is 19.5. The molecule has 0 spiro atoms. The first kappa shape index (κ1) is 30.4. The smallest absolute Gasteiger partial charge is 0.312 e. The van der Waals surface area contributed by atoms with Gasteiger partial charge in [-0.05, 0) is 78.9 Å². The van der Waals surface area contributed by atoms with E-state index in [0.29, 0.717) is 0 Å². The Hall–Kier alpha value is -2.62. The minimum Gasteiger partial charge on any atom is -0.454 e. The Morgan fingerprint density at radius 3 is 1.31 bits per heavy atom. The molecule has 2 aromatic rings. The van der Waals surface area contributed by atoms with Gasteiger partial charge in [0.05, 0.1) is 10.8 Å². The van der Waals surface area contributed by atoms with Crippen LogP contribution in [0.1, 0.15) is 99.6 Å². The maximum Gasteiger partial charge on any atom is 0.312 e. The number of esters is 2. The topological polar surface area (TPSA) is 52.6 Å². The van der Waals surface area contributed by atoms with Crippen LogP contribution >= 0.6 is 0 Å². The number of rotatable bonds is 9. The van der Waals surface area contributed by atoms with Gasteiger partial charge in [-0.25, -0.2) is 0 Å². The fourth-order valence-electron chi connectivity index (χ4n) is 3.03. The Morgan fingerprint density at radius 1 is 0.571 bits per heavy atom. The van der Waals surface area contributed by atoms with E-state index in [9.17, 15) is 9.59 Å². The highest BCUT2D eigenvalue weighted by molar-refractivity contribution is 5.76. The fourth-order valence-corrected chi connectivity index (χ4v) is 3.03. The van der Waals surface area contributed by atoms with Crippen LogP contribution in [0.2, 0.25) is 0 Å². The number of benzene rings is 2. The standard InChI is InChI=1S/C16H24O2.C15H22O2/c1-6-15(3,4)14(17)18-16(5,7-2)13-11-9-8-10-12-13;1-6-14(2,3)13(16)17-15(4,5)12-10-8-7-9-11-12/h8-12H,6-7H2,1-5H3;7-11H,6H2,1-5H3. The molecule has 0 radical (unpaired) electrons. The monoisotopic (exact) mass is 482 g/mol. The Kier molecular flexibility index (Phi) is 10.8. The molecule has 1 atom stereocenters. The summed E-state index contributed by atoms with van der Waals surface area (Å²) in [4.78, 5) is 24.3. The van der Waals surface area contributed by atoms with Crippen LogP contribution in [-0.2, 0) is 30.3 Å². The zero-order chi connectivity index (χ0) is 26.9. The van der Waals surface area contributed by atoms with Gasteiger partial charge in [0.25, 0.3) is 0 Å². The molecule has 0 aromatic heterocycles. The molecule has 35 heavy (non-hydrogen) atoms. The third-order valence-corrected chi connectivity index (χ3v) is 7.07. The molecular weight excluding hydrogens is 436 g/mol. The largest absolute Gasteiger partial charge is 0.454 e. The number of hydrogen-bond donors (Lipinski definition) is 0. The molecule has 0 bridgehead atoms. The zero-order valence-electron chi connectivity index (χ0n) is 23.5. The maximum atomic E-state index is 12.2. The van der Waals surface area contributed by atoms with Crippen molar-refractivity contribution >= 4 is 11.9 Å². The molecule has 0 saturated heterocycles. The molecule has 4 nitrogen and oxygen atoms in total. The average Bonchev–Trinajstić information content (AvgIpc) is 2.85. The molecule has 194 valence electrons. The fraction of sp³-hybridized carbons (Fsp3) is 0.548. The highest BCUT2D eigenvalue weighted by atomic mass is 16.6. The van der Waals surface area contributed by atoms with Crippen LogP contribution < -0.4 is 0 Å². The van der Waals surface area contributed by atoms with Gasteiger partial charge in [0, 0.05) is 0 Å². The average molecular weight is 483 g/mol. The van der Waals surface area contributed by atoms with Crippen molar-refractivity contribution < 1.29 is 19.1 Å². The molecule has 0 aliphatic heterocycles. The first-order valence-electron chi connectivity index (χ1n) is 12.7. The van der Waals surface area contributed by atoms with Crippen LogP contribution in [0.4, 0.5) is 0 Å². The lowest BCUT2D eigenvalue weighted by molar-refractivity contribution is -0.171. The summed E-state index contributed by atoms with van der Waals surface area (Å²) < 4.78 is 11.4. The van der Waals surface area contributed by atoms with Crippen molar-refractivity contribution in [2.24, 2.45) is 10.8 Å². The van der Waals surface area contributed by atoms with E-state index in [4.69, 9.17) is 9.47 Å². The first-order valence-corrected chi connectivity index (χ1v) is 12.7. The van der Waals surface area contributed by atoms with E-state index in [1.54, 1.807) is 0 Å². The van der Waals surface area contributed by atoms with E-state index in [1.165, 1.54) is 0 Å². The van der Waals surface area contributed by atoms with Crippen molar-refractivity contribution in [1.82, 2.24) is 0 Å². The molecule has 0 heterocycles. The molecular formula is C31H46O4. The van der Waals surface area contributed by atoms with Crippen molar-refractivity contribution in [3.63, 3.8) is 0 Å². The van der Waals surface area contributed by atoms with Crippen molar-refractivity contribution in [3.05, 3.63) is 71.8 Å². The number of carbonyl (C=O) groups is 2. The molecule has 0 aliphatic carbocycles. The van der Waals surface area contributed by atoms with Crippen LogP contribution in [0, 0.1) is 10.8 Å². The Bertz CT molecular complexity index is 929. The second-order valence-corrected chi connectivity index (χ2v) is 11.1. The van der Waals surface area contributed by atoms with E-state index in [1.807, 2.05) is 130 Å². The third-order valence-electron chi connectivity index (χ3n) is 7.07. The summed E-state index contributed by atoms with van der Waals surface area (Å²) in [7, 11) is 0. The normalized spacial score (nSPS) is 13.7. The molecule has 4 heteroatoms. The lowest BCUT2D eigenvalue weighted by Crippen LogP contribution is -2.35. The Balaban J connectivity index is 0.000000351. The minimum atomic E-state index is -0.579. The van der Waals surface area contributed by atoms with E-state index >= 15 is 0 Å². The Morgan fingerprint density at radius 2 is 0.943 bits per heavy atom. The summed E-state index contributed by atoms with van der Waals surface area (Å²) in [5.74, 6) is -0.271. The van der Waals surface area contributed by atoms with Crippen LogP contribution in [0.15, 0.2) is 60.7 Å². The second-order valence-electron chi connectivity index (χ2n) is 11.1. The molecule has 0 fully saturated rings. The summed E-state index contributed by atoms with van der Waals surface area (Å²) in [5, 5.41) is 0. The maximum absolute atomic E-state index is 12.2. The molecule has 2 aromatic carbocycles. The predicted molar refractivity (Wildman–Crippen MR) is 144 cm³/mol. The van der Waals surface area contributed by atoms with E-state index in [2.05, 4.69) is 0 Å². The number of carbonyl (C=O) groups excluding carboxylic acids is 2. The third kappa shape index (κ3) is 8.52. The van der Waals surface area contributed by atoms with E-state index in [0.717, 1.165) is 30.4 Å². The molecule has 0 amide bonds. The van der Waals surface area contributed by atoms with Gasteiger partial charge in [0.2, 0.25) is 0 Å². The first-order chi connectivity index (χ1) is 16.1. The minimum absolute atomic E-state index is 0.127. The van der Waals surface area contributed by atoms with Crippen LogP contribution in [0.5, 0.6) is 0 Å². The summed E-state index contributed by atoms with van der Waals surface area (Å²) in [6, 6.07) is 19.8. The molecule has 0 N–H and O–H groups in total. The quantitative estimate of drug-likeness (QED) is 0.338. The van der Waals surface area contributed by atoms with Crippen LogP contribution in [0.25, 0.3) is 0 Å². The van der Waals surface area contributed by atoms with Gasteiger partial charge in [-0.3, -0.25) is 9.59 Å². The lowest BCUT2D eigenvalue weighted by atomic mass is 9.88. The molecule has 1 unspecified atom stereocenters. The van der Waals surface area contributed by atoms with Gasteiger partial charge in [-0.2, -0.15) is 0 Å². The highest BCUT2D eigenvalue weighted by Gasteiger charge is 2.36. The lowest BCUT2D eigenvalue weighted by Gasteiger charge is -2.33. The number of hydrogen-bond acceptors (Lipinski definition) is 4. The summed E-state index contributed by atoms with van der Waals surface area (Å²) >= 11 is 0. The van der Waals surface area contributed by atoms with Gasteiger partial charge in [0.1, 0.15) is 11.2 Å². The van der Waals surface area contributed by atoms with Gasteiger partial charge >= 0.3 is 11.9 Å². The van der Waals surface area contributed by atoms with E-state index < -0.39 is 22.0 Å². The van der Waals surface area contributed by atoms with Crippen LogP contribution in [0.3, 0.4) is 0 Å². The van der Waals surface area contributed by atoms with Crippen molar-refractivity contribution in [2.45, 2.75) is 99.7 Å². The summed E-state index contributed by atoms with van der Waals surface area (Å²) in [5.41, 5.74) is 0.0975. The number of ether oxygens (including phenoxy) is 2. The second kappa shape index (κ2) is 12.4. The highest BCUT2D eigenvalue weighted by Crippen LogP contribution is 2.33. The Labute approximate surface area is 213 Å². The van der Waals surface area contributed by atoms with Crippen molar-refractivity contribution in [1.29, 1.82) is 0 Å². The van der Waals surface area contributed by atoms with Gasteiger partial charge in [-0.1, -0.05) is 81.4 Å². The van der Waals surface area contributed by atoms with Gasteiger partial charge in [-0.15, -0.1) is 0 Å². The van der Waals surface area contributed by atoms with Gasteiger partial charge < -0.3 is 9.47 Å². The molecule has 2 rings (SSSR count). The van der Waals surface area contributed by atoms with Crippen molar-refractivity contribution in [2.75, 3.05) is 0 Å².